The Labute approximate surface area is 194 Å². The summed E-state index contributed by atoms with van der Waals surface area (Å²) in [5.41, 5.74) is 1.40. The first-order valence-electron chi connectivity index (χ1n) is 10.2. The van der Waals surface area contributed by atoms with Gasteiger partial charge < -0.3 is 19.7 Å². The number of aliphatic carboxylic acids is 1. The average Bonchev–Trinajstić information content (AvgIpc) is 3.10. The first-order chi connectivity index (χ1) is 15.8. The fraction of sp³-hybridized carbons (Fsp3) is 0.115. The highest BCUT2D eigenvalue weighted by Gasteiger charge is 2.21. The molecular formula is C26H21FO5S. The topological polar surface area (TPSA) is 76.0 Å². The minimum atomic E-state index is -1.02. The predicted octanol–water partition coefficient (Wildman–Crippen LogP) is 7.09. The maximum Gasteiger partial charge on any atom is 0.328 e. The number of rotatable bonds is 7. The number of ether oxygens (including phenoxy) is 2. The Morgan fingerprint density at radius 3 is 2.52 bits per heavy atom. The van der Waals surface area contributed by atoms with E-state index in [0.29, 0.717) is 22.8 Å². The Hall–Kier alpha value is -3.84. The monoisotopic (exact) mass is 464 g/mol. The molecule has 0 spiro atoms. The van der Waals surface area contributed by atoms with Gasteiger partial charge in [-0.15, -0.1) is 11.3 Å². The number of aromatic hydroxyl groups is 1. The summed E-state index contributed by atoms with van der Waals surface area (Å²) >= 11 is 1.41. The quantitative estimate of drug-likeness (QED) is 0.286. The Kier molecular flexibility index (Phi) is 6.33. The van der Waals surface area contributed by atoms with Crippen LogP contribution < -0.4 is 9.47 Å². The number of carboxylic acid groups (broad SMARTS) is 1. The van der Waals surface area contributed by atoms with Gasteiger partial charge in [-0.2, -0.15) is 0 Å². The number of hydrogen-bond donors (Lipinski definition) is 2. The van der Waals surface area contributed by atoms with Crippen LogP contribution in [0.5, 0.6) is 23.0 Å². The van der Waals surface area contributed by atoms with Gasteiger partial charge in [0.05, 0.1) is 11.0 Å². The molecule has 0 unspecified atom stereocenters. The van der Waals surface area contributed by atoms with Gasteiger partial charge in [0.25, 0.3) is 0 Å². The van der Waals surface area contributed by atoms with Crippen LogP contribution in [-0.4, -0.2) is 22.3 Å². The molecule has 3 aromatic carbocycles. The smallest absolute Gasteiger partial charge is 0.328 e. The minimum absolute atomic E-state index is 0.134. The van der Waals surface area contributed by atoms with E-state index < -0.39 is 11.8 Å². The molecule has 2 N–H and O–H groups in total. The molecule has 0 aliphatic carbocycles. The van der Waals surface area contributed by atoms with Crippen molar-refractivity contribution in [2.45, 2.75) is 20.0 Å². The third-order valence-corrected chi connectivity index (χ3v) is 5.86. The molecule has 1 heterocycles. The van der Waals surface area contributed by atoms with Crippen LogP contribution in [0.2, 0.25) is 0 Å². The number of fused-ring (bicyclic) bond motifs is 1. The van der Waals surface area contributed by atoms with Gasteiger partial charge in [0, 0.05) is 27.8 Å². The van der Waals surface area contributed by atoms with E-state index >= 15 is 0 Å². The van der Waals surface area contributed by atoms with Crippen molar-refractivity contribution in [1.82, 2.24) is 0 Å². The first kappa shape index (κ1) is 22.4. The fourth-order valence-corrected chi connectivity index (χ4v) is 4.50. The van der Waals surface area contributed by atoms with Gasteiger partial charge in [-0.3, -0.25) is 0 Å². The van der Waals surface area contributed by atoms with Crippen LogP contribution >= 0.6 is 11.3 Å². The molecule has 4 aromatic rings. The maximum absolute atomic E-state index is 14.0. The minimum Gasteiger partial charge on any atom is -0.508 e. The molecule has 0 saturated carbocycles. The Bertz CT molecular complexity index is 1340. The molecule has 33 heavy (non-hydrogen) atoms. The zero-order chi connectivity index (χ0) is 23.5. The van der Waals surface area contributed by atoms with Gasteiger partial charge in [-0.05, 0) is 68.0 Å². The van der Waals surface area contributed by atoms with Crippen molar-refractivity contribution in [3.05, 3.63) is 78.1 Å². The number of hydrogen-bond acceptors (Lipinski definition) is 5. The number of halogens is 1. The highest BCUT2D eigenvalue weighted by molar-refractivity contribution is 7.22. The van der Waals surface area contributed by atoms with E-state index in [2.05, 4.69) is 0 Å². The second-order valence-corrected chi connectivity index (χ2v) is 8.64. The maximum atomic E-state index is 14.0. The summed E-state index contributed by atoms with van der Waals surface area (Å²) in [7, 11) is 0. The lowest BCUT2D eigenvalue weighted by Gasteiger charge is -2.15. The third kappa shape index (κ3) is 5.15. The molecule has 0 amide bonds. The normalized spacial score (nSPS) is 11.4. The van der Waals surface area contributed by atoms with Crippen LogP contribution in [0, 0.1) is 5.82 Å². The van der Waals surface area contributed by atoms with E-state index in [1.54, 1.807) is 48.5 Å². The van der Waals surface area contributed by atoms with Crippen LogP contribution in [0.1, 0.15) is 19.4 Å². The molecular weight excluding hydrogens is 443 g/mol. The molecule has 0 bridgehead atoms. The summed E-state index contributed by atoms with van der Waals surface area (Å²) < 4.78 is 26.9. The standard InChI is InChI=1S/C26H21FO5S/c1-15(2)31-22-13-17(27)6-10-20(22)26-25(21-11-7-18(28)14-23(21)33-26)32-19-8-3-16(4-9-19)5-12-24(29)30/h3-15,28H,1-2H3,(H,29,30)/b12-5+. The highest BCUT2D eigenvalue weighted by atomic mass is 32.1. The molecule has 5 nitrogen and oxygen atoms in total. The van der Waals surface area contributed by atoms with Crippen molar-refractivity contribution < 1.29 is 28.9 Å². The second-order valence-electron chi connectivity index (χ2n) is 7.59. The van der Waals surface area contributed by atoms with Crippen LogP contribution in [0.25, 0.3) is 26.6 Å². The summed E-state index contributed by atoms with van der Waals surface area (Å²) in [4.78, 5) is 11.5. The highest BCUT2D eigenvalue weighted by Crippen LogP contribution is 2.49. The molecule has 168 valence electrons. The van der Waals surface area contributed by atoms with E-state index in [0.717, 1.165) is 26.6 Å². The SMILES string of the molecule is CC(C)Oc1cc(F)ccc1-c1sc2cc(O)ccc2c1Oc1ccc(/C=C/C(=O)O)cc1. The largest absolute Gasteiger partial charge is 0.508 e. The van der Waals surface area contributed by atoms with Gasteiger partial charge in [0.1, 0.15) is 23.1 Å². The predicted molar refractivity (Wildman–Crippen MR) is 128 cm³/mol. The summed E-state index contributed by atoms with van der Waals surface area (Å²) in [6.07, 6.45) is 2.41. The first-order valence-corrected chi connectivity index (χ1v) is 11.0. The summed E-state index contributed by atoms with van der Waals surface area (Å²) in [6, 6.07) is 16.4. The van der Waals surface area contributed by atoms with Gasteiger partial charge in [0.2, 0.25) is 0 Å². The number of carboxylic acids is 1. The number of thiophene rings is 1. The van der Waals surface area contributed by atoms with E-state index in [-0.39, 0.29) is 11.9 Å². The number of benzene rings is 3. The van der Waals surface area contributed by atoms with E-state index in [9.17, 15) is 14.3 Å². The van der Waals surface area contributed by atoms with Gasteiger partial charge >= 0.3 is 5.97 Å². The summed E-state index contributed by atoms with van der Waals surface area (Å²) in [5.74, 6) is 0.218. The third-order valence-electron chi connectivity index (χ3n) is 4.70. The molecule has 0 atom stereocenters. The molecule has 0 radical (unpaired) electrons. The Morgan fingerprint density at radius 2 is 1.82 bits per heavy atom. The lowest BCUT2D eigenvalue weighted by molar-refractivity contribution is -0.131. The van der Waals surface area contributed by atoms with Gasteiger partial charge in [0.15, 0.2) is 5.75 Å². The Balaban J connectivity index is 1.80. The van der Waals surface area contributed by atoms with Crippen LogP contribution in [0.4, 0.5) is 4.39 Å². The molecule has 7 heteroatoms. The van der Waals surface area contributed by atoms with Crippen LogP contribution in [0.15, 0.2) is 66.7 Å². The molecule has 0 aliphatic heterocycles. The lowest BCUT2D eigenvalue weighted by atomic mass is 10.1. The van der Waals surface area contributed by atoms with Crippen LogP contribution in [-0.2, 0) is 4.79 Å². The summed E-state index contributed by atoms with van der Waals surface area (Å²) in [5, 5.41) is 19.5. The molecule has 0 saturated heterocycles. The van der Waals surface area contributed by atoms with E-state index in [1.807, 2.05) is 13.8 Å². The van der Waals surface area contributed by atoms with Crippen molar-refractivity contribution in [3.63, 3.8) is 0 Å². The zero-order valence-electron chi connectivity index (χ0n) is 17.9. The van der Waals surface area contributed by atoms with Crippen LogP contribution in [0.3, 0.4) is 0 Å². The van der Waals surface area contributed by atoms with E-state index in [1.165, 1.54) is 29.5 Å². The molecule has 0 aliphatic rings. The molecule has 1 aromatic heterocycles. The van der Waals surface area contributed by atoms with Gasteiger partial charge in [-0.25, -0.2) is 9.18 Å². The second kappa shape index (κ2) is 9.34. The average molecular weight is 465 g/mol. The molecule has 4 rings (SSSR count). The number of phenolic OH excluding ortho intramolecular Hbond substituents is 1. The van der Waals surface area contributed by atoms with E-state index in [4.69, 9.17) is 14.6 Å². The van der Waals surface area contributed by atoms with Crippen molar-refractivity contribution in [2.75, 3.05) is 0 Å². The molecule has 0 fully saturated rings. The van der Waals surface area contributed by atoms with Crippen molar-refractivity contribution in [2.24, 2.45) is 0 Å². The van der Waals surface area contributed by atoms with Crippen molar-refractivity contribution in [3.8, 4) is 33.4 Å². The van der Waals surface area contributed by atoms with Gasteiger partial charge in [-0.1, -0.05) is 12.1 Å². The lowest BCUT2D eigenvalue weighted by Crippen LogP contribution is -2.06. The number of carbonyl (C=O) groups is 1. The Morgan fingerprint density at radius 1 is 1.06 bits per heavy atom. The zero-order valence-corrected chi connectivity index (χ0v) is 18.7. The van der Waals surface area contributed by atoms with Crippen molar-refractivity contribution in [1.29, 1.82) is 0 Å². The fourth-order valence-electron chi connectivity index (χ4n) is 3.31. The van der Waals surface area contributed by atoms with Crippen molar-refractivity contribution >= 4 is 33.5 Å². The summed E-state index contributed by atoms with van der Waals surface area (Å²) in [6.45, 7) is 3.74. The number of phenols is 1.